The lowest BCUT2D eigenvalue weighted by Crippen LogP contribution is -2.12. The highest BCUT2D eigenvalue weighted by Crippen LogP contribution is 2.19. The first-order valence-corrected chi connectivity index (χ1v) is 5.33. The Morgan fingerprint density at radius 3 is 2.65 bits per heavy atom. The first kappa shape index (κ1) is 13.4. The van der Waals surface area contributed by atoms with Gasteiger partial charge in [0.2, 0.25) is 5.91 Å². The molecule has 0 saturated heterocycles. The van der Waals surface area contributed by atoms with Crippen LogP contribution in [0.4, 0.5) is 10.1 Å². The zero-order valence-electron chi connectivity index (χ0n) is 8.87. The van der Waals surface area contributed by atoms with Crippen LogP contribution in [-0.4, -0.2) is 17.0 Å². The predicted octanol–water partition coefficient (Wildman–Crippen LogP) is 2.67. The summed E-state index contributed by atoms with van der Waals surface area (Å²) in [6.07, 6.45) is 0.168. The zero-order valence-corrected chi connectivity index (χ0v) is 9.63. The van der Waals surface area contributed by atoms with E-state index in [0.29, 0.717) is 0 Å². The Morgan fingerprint density at radius 1 is 1.35 bits per heavy atom. The number of carboxylic acids is 1. The molecule has 0 atom stereocenters. The van der Waals surface area contributed by atoms with Crippen LogP contribution in [-0.2, 0) is 9.59 Å². The molecule has 6 heteroatoms. The minimum absolute atomic E-state index is 0.0361. The van der Waals surface area contributed by atoms with Gasteiger partial charge in [0, 0.05) is 17.9 Å². The second-order valence-corrected chi connectivity index (χ2v) is 3.86. The number of nitrogens with one attached hydrogen (secondary N) is 1. The minimum atomic E-state index is -0.963. The van der Waals surface area contributed by atoms with Gasteiger partial charge in [0.05, 0.1) is 5.69 Å². The molecule has 0 aliphatic rings. The molecule has 17 heavy (non-hydrogen) atoms. The number of anilines is 1. The van der Waals surface area contributed by atoms with Crippen LogP contribution in [0.15, 0.2) is 18.2 Å². The summed E-state index contributed by atoms with van der Waals surface area (Å²) < 4.78 is 13.3. The van der Waals surface area contributed by atoms with Crippen molar-refractivity contribution in [2.24, 2.45) is 0 Å². The lowest BCUT2D eigenvalue weighted by atomic mass is 10.2. The fourth-order valence-corrected chi connectivity index (χ4v) is 1.36. The molecule has 0 fully saturated rings. The van der Waals surface area contributed by atoms with Crippen molar-refractivity contribution in [3.63, 3.8) is 0 Å². The number of hydrogen-bond donors (Lipinski definition) is 2. The summed E-state index contributed by atoms with van der Waals surface area (Å²) in [5.74, 6) is -2.01. The number of benzene rings is 1. The maximum absolute atomic E-state index is 13.3. The van der Waals surface area contributed by atoms with Crippen LogP contribution in [0, 0.1) is 5.82 Å². The maximum Gasteiger partial charge on any atom is 0.303 e. The highest BCUT2D eigenvalue weighted by molar-refractivity contribution is 6.30. The summed E-state index contributed by atoms with van der Waals surface area (Å²) in [7, 11) is 0. The van der Waals surface area contributed by atoms with Gasteiger partial charge in [0.15, 0.2) is 0 Å². The van der Waals surface area contributed by atoms with Crippen LogP contribution >= 0.6 is 11.6 Å². The molecule has 2 N–H and O–H groups in total. The van der Waals surface area contributed by atoms with Gasteiger partial charge in [-0.25, -0.2) is 4.39 Å². The second-order valence-electron chi connectivity index (χ2n) is 3.42. The van der Waals surface area contributed by atoms with Gasteiger partial charge in [-0.05, 0) is 24.6 Å². The molecule has 1 aromatic carbocycles. The highest BCUT2D eigenvalue weighted by Gasteiger charge is 2.08. The fourth-order valence-electron chi connectivity index (χ4n) is 1.20. The first-order chi connectivity index (χ1) is 7.99. The lowest BCUT2D eigenvalue weighted by Gasteiger charge is -2.05. The van der Waals surface area contributed by atoms with E-state index in [9.17, 15) is 14.0 Å². The third-order valence-corrected chi connectivity index (χ3v) is 2.23. The molecule has 4 nitrogen and oxygen atoms in total. The first-order valence-electron chi connectivity index (χ1n) is 4.95. The smallest absolute Gasteiger partial charge is 0.303 e. The predicted molar refractivity (Wildman–Crippen MR) is 61.5 cm³/mol. The van der Waals surface area contributed by atoms with Crippen molar-refractivity contribution in [2.45, 2.75) is 19.3 Å². The Morgan fingerprint density at radius 2 is 2.06 bits per heavy atom. The van der Waals surface area contributed by atoms with Crippen molar-refractivity contribution in [3.8, 4) is 0 Å². The van der Waals surface area contributed by atoms with Crippen molar-refractivity contribution in [1.29, 1.82) is 0 Å². The van der Waals surface area contributed by atoms with Crippen LogP contribution in [0.3, 0.4) is 0 Å². The molecule has 0 saturated carbocycles. The van der Waals surface area contributed by atoms with Gasteiger partial charge in [-0.1, -0.05) is 11.6 Å². The number of aliphatic carboxylic acids is 1. The Bertz CT molecular complexity index is 437. The van der Waals surface area contributed by atoms with Gasteiger partial charge in [0.1, 0.15) is 5.82 Å². The molecule has 0 heterocycles. The van der Waals surface area contributed by atoms with Gasteiger partial charge >= 0.3 is 5.97 Å². The van der Waals surface area contributed by atoms with Crippen LogP contribution in [0.2, 0.25) is 5.02 Å². The van der Waals surface area contributed by atoms with Crippen molar-refractivity contribution < 1.29 is 19.1 Å². The molecule has 0 aliphatic carbocycles. The van der Waals surface area contributed by atoms with E-state index in [0.717, 1.165) is 6.07 Å². The number of hydrogen-bond acceptors (Lipinski definition) is 2. The van der Waals surface area contributed by atoms with E-state index in [1.165, 1.54) is 12.1 Å². The summed E-state index contributed by atoms with van der Waals surface area (Å²) in [4.78, 5) is 21.6. The number of amides is 1. The van der Waals surface area contributed by atoms with Gasteiger partial charge < -0.3 is 10.4 Å². The molecule has 0 unspecified atom stereocenters. The summed E-state index contributed by atoms with van der Waals surface area (Å²) in [6.45, 7) is 0. The molecule has 1 aromatic rings. The topological polar surface area (TPSA) is 66.4 Å². The van der Waals surface area contributed by atoms with Crippen molar-refractivity contribution in [2.75, 3.05) is 5.32 Å². The van der Waals surface area contributed by atoms with Crippen LogP contribution in [0.5, 0.6) is 0 Å². The fraction of sp³-hybridized carbons (Fsp3) is 0.273. The average molecular weight is 260 g/mol. The molecule has 92 valence electrons. The standard InChI is InChI=1S/C11H11ClFNO3/c12-7-4-5-9(8(13)6-7)14-10(15)2-1-3-11(16)17/h4-6H,1-3H2,(H,14,15)(H,16,17). The lowest BCUT2D eigenvalue weighted by molar-refractivity contribution is -0.137. The van der Waals surface area contributed by atoms with Gasteiger partial charge in [-0.3, -0.25) is 9.59 Å². The van der Waals surface area contributed by atoms with Crippen molar-refractivity contribution >= 4 is 29.2 Å². The molecule has 0 aromatic heterocycles. The number of carbonyl (C=O) groups excluding carboxylic acids is 1. The SMILES string of the molecule is O=C(O)CCCC(=O)Nc1ccc(Cl)cc1F. The molecule has 1 amide bonds. The van der Waals surface area contributed by atoms with Crippen LogP contribution in [0.1, 0.15) is 19.3 Å². The molecule has 0 spiro atoms. The highest BCUT2D eigenvalue weighted by atomic mass is 35.5. The minimum Gasteiger partial charge on any atom is -0.481 e. The van der Waals surface area contributed by atoms with E-state index in [4.69, 9.17) is 16.7 Å². The molecule has 0 radical (unpaired) electrons. The quantitative estimate of drug-likeness (QED) is 0.854. The molecular weight excluding hydrogens is 249 g/mol. The number of carboxylic acid groups (broad SMARTS) is 1. The summed E-state index contributed by atoms with van der Waals surface area (Å²) in [5, 5.41) is 11.0. The molecule has 1 rings (SSSR count). The maximum atomic E-state index is 13.3. The average Bonchev–Trinajstić information content (AvgIpc) is 2.21. The van der Waals surface area contributed by atoms with E-state index in [-0.39, 0.29) is 30.0 Å². The number of rotatable bonds is 5. The van der Waals surface area contributed by atoms with E-state index in [1.807, 2.05) is 0 Å². The van der Waals surface area contributed by atoms with Gasteiger partial charge in [0.25, 0.3) is 0 Å². The normalized spacial score (nSPS) is 10.0. The summed E-state index contributed by atoms with van der Waals surface area (Å²) in [5.41, 5.74) is 0.0368. The van der Waals surface area contributed by atoms with Gasteiger partial charge in [-0.15, -0.1) is 0 Å². The van der Waals surface area contributed by atoms with E-state index < -0.39 is 17.7 Å². The number of halogens is 2. The largest absolute Gasteiger partial charge is 0.481 e. The van der Waals surface area contributed by atoms with E-state index >= 15 is 0 Å². The Labute approximate surface area is 102 Å². The Kier molecular flexibility index (Phi) is 4.90. The zero-order chi connectivity index (χ0) is 12.8. The third-order valence-electron chi connectivity index (χ3n) is 2.00. The van der Waals surface area contributed by atoms with Crippen LogP contribution < -0.4 is 5.32 Å². The summed E-state index contributed by atoms with van der Waals surface area (Å²) in [6, 6.07) is 3.90. The molecule has 0 aliphatic heterocycles. The Hall–Kier alpha value is -1.62. The van der Waals surface area contributed by atoms with Crippen molar-refractivity contribution in [3.05, 3.63) is 29.0 Å². The van der Waals surface area contributed by atoms with E-state index in [2.05, 4.69) is 5.32 Å². The summed E-state index contributed by atoms with van der Waals surface area (Å²) >= 11 is 5.55. The number of carbonyl (C=O) groups is 2. The van der Waals surface area contributed by atoms with Crippen LogP contribution in [0.25, 0.3) is 0 Å². The molecule has 0 bridgehead atoms. The Balaban J connectivity index is 2.48. The monoisotopic (exact) mass is 259 g/mol. The second kappa shape index (κ2) is 6.20. The van der Waals surface area contributed by atoms with Crippen molar-refractivity contribution in [1.82, 2.24) is 0 Å². The van der Waals surface area contributed by atoms with E-state index in [1.54, 1.807) is 0 Å². The van der Waals surface area contributed by atoms with Gasteiger partial charge in [-0.2, -0.15) is 0 Å². The molecular formula is C11H11ClFNO3. The third kappa shape index (κ3) is 4.82.